The molecule has 19 heavy (non-hydrogen) atoms. The topological polar surface area (TPSA) is 63.2 Å². The molecule has 1 saturated heterocycles. The molecule has 2 rings (SSSR count). The number of amides is 1. The molecule has 7 heteroatoms. The summed E-state index contributed by atoms with van der Waals surface area (Å²) in [6.07, 6.45) is 0.672. The lowest BCUT2D eigenvalue weighted by atomic mass is 10.2. The van der Waals surface area contributed by atoms with Crippen LogP contribution in [-0.4, -0.2) is 33.2 Å². The predicted octanol–water partition coefficient (Wildman–Crippen LogP) is 2.16. The molecule has 0 aromatic carbocycles. The Morgan fingerprint density at radius 1 is 1.53 bits per heavy atom. The average molecular weight is 315 g/mol. The summed E-state index contributed by atoms with van der Waals surface area (Å²) in [6, 6.07) is 3.15. The molecule has 0 unspecified atom stereocenters. The van der Waals surface area contributed by atoms with Gasteiger partial charge in [0.25, 0.3) is 0 Å². The van der Waals surface area contributed by atoms with E-state index < -0.39 is 11.3 Å². The van der Waals surface area contributed by atoms with Crippen molar-refractivity contribution in [2.45, 2.75) is 24.6 Å². The number of hydrogen-bond donors (Lipinski definition) is 1. The Morgan fingerprint density at radius 3 is 2.89 bits per heavy atom. The van der Waals surface area contributed by atoms with E-state index in [9.17, 15) is 14.4 Å². The zero-order valence-electron chi connectivity index (χ0n) is 10.3. The van der Waals surface area contributed by atoms with E-state index in [2.05, 4.69) is 5.32 Å². The molecule has 1 aliphatic rings. The van der Waals surface area contributed by atoms with Crippen LogP contribution in [0.4, 0.5) is 0 Å². The number of carbonyl (C=O) groups excluding carboxylic acids is 3. The van der Waals surface area contributed by atoms with Crippen molar-refractivity contribution in [1.82, 2.24) is 5.32 Å². The van der Waals surface area contributed by atoms with Gasteiger partial charge in [-0.15, -0.1) is 11.3 Å². The van der Waals surface area contributed by atoms with Gasteiger partial charge in [-0.1, -0.05) is 29.6 Å². The van der Waals surface area contributed by atoms with E-state index >= 15 is 0 Å². The van der Waals surface area contributed by atoms with Gasteiger partial charge in [0.1, 0.15) is 0 Å². The molecule has 4 nitrogen and oxygen atoms in total. The Bertz CT molecular complexity index is 486. The number of thiophene rings is 1. The smallest absolute Gasteiger partial charge is 0.233 e. The van der Waals surface area contributed by atoms with Crippen molar-refractivity contribution in [1.29, 1.82) is 0 Å². The second-order valence-corrected chi connectivity index (χ2v) is 7.40. The number of hydrogen-bond acceptors (Lipinski definition) is 6. The second-order valence-electron chi connectivity index (χ2n) is 4.04. The third-order valence-corrected chi connectivity index (χ3v) is 5.64. The molecule has 0 bridgehead atoms. The van der Waals surface area contributed by atoms with Gasteiger partial charge in [-0.2, -0.15) is 0 Å². The van der Waals surface area contributed by atoms with Crippen molar-refractivity contribution in [2.75, 3.05) is 5.75 Å². The van der Waals surface area contributed by atoms with Crippen LogP contribution in [-0.2, 0) is 9.59 Å². The average Bonchev–Trinajstić information content (AvgIpc) is 3.01. The highest BCUT2D eigenvalue weighted by Gasteiger charge is 2.29. The summed E-state index contributed by atoms with van der Waals surface area (Å²) in [7, 11) is 0. The number of carbonyl (C=O) groups is 3. The van der Waals surface area contributed by atoms with E-state index in [0.29, 0.717) is 11.3 Å². The highest BCUT2D eigenvalue weighted by Crippen LogP contribution is 2.23. The second kappa shape index (κ2) is 6.58. The summed E-state index contributed by atoms with van der Waals surface area (Å²) in [5.74, 6) is 0.496. The van der Waals surface area contributed by atoms with Crippen LogP contribution in [0.25, 0.3) is 0 Å². The standard InChI is InChI=1S/C12H13NO3S3/c1-7(19-12(16)9-3-2-5-17-9)10(14)13-8-4-6-18-11(8)15/h2-3,5,7-8H,4,6H2,1H3,(H,13,14)/t7-,8+/m1/s1. The lowest BCUT2D eigenvalue weighted by molar-refractivity contribution is -0.123. The van der Waals surface area contributed by atoms with E-state index in [0.717, 1.165) is 17.5 Å². The summed E-state index contributed by atoms with van der Waals surface area (Å²) in [6.45, 7) is 1.68. The lowest BCUT2D eigenvalue weighted by Gasteiger charge is -2.14. The van der Waals surface area contributed by atoms with Crippen molar-refractivity contribution in [2.24, 2.45) is 0 Å². The van der Waals surface area contributed by atoms with Crippen molar-refractivity contribution < 1.29 is 14.4 Å². The van der Waals surface area contributed by atoms with Crippen LogP contribution in [0.15, 0.2) is 17.5 Å². The quantitative estimate of drug-likeness (QED) is 0.922. The predicted molar refractivity (Wildman–Crippen MR) is 79.7 cm³/mol. The molecule has 1 aromatic rings. The molecule has 0 spiro atoms. The Morgan fingerprint density at radius 2 is 2.32 bits per heavy atom. The van der Waals surface area contributed by atoms with E-state index in [1.165, 1.54) is 23.1 Å². The molecule has 1 aromatic heterocycles. The largest absolute Gasteiger partial charge is 0.344 e. The highest BCUT2D eigenvalue weighted by atomic mass is 32.2. The Labute approximate surface area is 123 Å². The monoisotopic (exact) mass is 315 g/mol. The summed E-state index contributed by atoms with van der Waals surface area (Å²) >= 11 is 3.60. The molecule has 0 radical (unpaired) electrons. The maximum Gasteiger partial charge on any atom is 0.233 e. The van der Waals surface area contributed by atoms with Crippen LogP contribution in [0.5, 0.6) is 0 Å². The maximum atomic E-state index is 11.9. The van der Waals surface area contributed by atoms with Gasteiger partial charge in [-0.25, -0.2) is 0 Å². The molecule has 2 heterocycles. The molecule has 0 aliphatic carbocycles. The minimum atomic E-state index is -0.493. The molecule has 1 fully saturated rings. The van der Waals surface area contributed by atoms with Crippen molar-refractivity contribution in [3.63, 3.8) is 0 Å². The molecular formula is C12H13NO3S3. The number of nitrogens with one attached hydrogen (secondary N) is 1. The third-order valence-electron chi connectivity index (χ3n) is 2.63. The Hall–Kier alpha value is -0.790. The minimum absolute atomic E-state index is 0.00938. The SMILES string of the molecule is C[C@@H](SC(=O)c1cccs1)C(=O)N[C@H]1CCSC1=O. The lowest BCUT2D eigenvalue weighted by Crippen LogP contribution is -2.41. The zero-order chi connectivity index (χ0) is 13.8. The maximum absolute atomic E-state index is 11.9. The first-order valence-electron chi connectivity index (χ1n) is 5.79. The van der Waals surface area contributed by atoms with Gasteiger partial charge in [0.15, 0.2) is 0 Å². The van der Waals surface area contributed by atoms with Gasteiger partial charge in [-0.3, -0.25) is 14.4 Å². The van der Waals surface area contributed by atoms with Gasteiger partial charge in [0.05, 0.1) is 16.2 Å². The van der Waals surface area contributed by atoms with Crippen LogP contribution in [0, 0.1) is 0 Å². The van der Waals surface area contributed by atoms with Crippen LogP contribution in [0.3, 0.4) is 0 Å². The molecule has 1 amide bonds. The summed E-state index contributed by atoms with van der Waals surface area (Å²) in [5, 5.41) is 3.94. The molecular weight excluding hydrogens is 302 g/mol. The normalized spacial score (nSPS) is 20.3. The Balaban J connectivity index is 1.85. The Kier molecular flexibility index (Phi) is 5.06. The van der Waals surface area contributed by atoms with E-state index in [1.54, 1.807) is 19.1 Å². The molecule has 1 aliphatic heterocycles. The van der Waals surface area contributed by atoms with Crippen LogP contribution >= 0.6 is 34.9 Å². The first-order valence-corrected chi connectivity index (χ1v) is 8.54. The fraction of sp³-hybridized carbons (Fsp3) is 0.417. The number of thioether (sulfide) groups is 2. The van der Waals surface area contributed by atoms with E-state index in [1.807, 2.05) is 5.38 Å². The number of rotatable bonds is 4. The van der Waals surface area contributed by atoms with Gasteiger partial charge in [0, 0.05) is 5.75 Å². The van der Waals surface area contributed by atoms with Crippen molar-refractivity contribution in [3.05, 3.63) is 22.4 Å². The summed E-state index contributed by atoms with van der Waals surface area (Å²) in [5.41, 5.74) is 0. The fourth-order valence-corrected chi connectivity index (χ4v) is 4.04. The third kappa shape index (κ3) is 3.84. The van der Waals surface area contributed by atoms with Gasteiger partial charge in [0.2, 0.25) is 16.1 Å². The van der Waals surface area contributed by atoms with E-state index in [-0.39, 0.29) is 16.1 Å². The van der Waals surface area contributed by atoms with Crippen LogP contribution in [0.2, 0.25) is 0 Å². The van der Waals surface area contributed by atoms with Gasteiger partial charge < -0.3 is 5.32 Å². The van der Waals surface area contributed by atoms with Gasteiger partial charge >= 0.3 is 0 Å². The zero-order valence-corrected chi connectivity index (χ0v) is 12.7. The fourth-order valence-electron chi connectivity index (χ4n) is 1.58. The minimum Gasteiger partial charge on any atom is -0.344 e. The van der Waals surface area contributed by atoms with Crippen LogP contribution < -0.4 is 5.32 Å². The highest BCUT2D eigenvalue weighted by molar-refractivity contribution is 8.15. The molecule has 0 saturated carbocycles. The molecule has 1 N–H and O–H groups in total. The van der Waals surface area contributed by atoms with Crippen molar-refractivity contribution >= 4 is 51.0 Å². The molecule has 2 atom stereocenters. The summed E-state index contributed by atoms with van der Waals surface area (Å²) in [4.78, 5) is 35.8. The van der Waals surface area contributed by atoms with E-state index in [4.69, 9.17) is 0 Å². The first kappa shape index (κ1) is 14.6. The first-order chi connectivity index (χ1) is 9.08. The van der Waals surface area contributed by atoms with Crippen molar-refractivity contribution in [3.8, 4) is 0 Å². The summed E-state index contributed by atoms with van der Waals surface area (Å²) < 4.78 is 0. The molecule has 102 valence electrons. The van der Waals surface area contributed by atoms with Gasteiger partial charge in [-0.05, 0) is 24.8 Å². The van der Waals surface area contributed by atoms with Crippen LogP contribution in [0.1, 0.15) is 23.0 Å².